The Labute approximate surface area is 123 Å². The van der Waals surface area contributed by atoms with Crippen LogP contribution in [0.25, 0.3) is 0 Å². The summed E-state index contributed by atoms with van der Waals surface area (Å²) in [7, 11) is 4.01. The predicted octanol–water partition coefficient (Wildman–Crippen LogP) is 3.65. The predicted molar refractivity (Wildman–Crippen MR) is 80.7 cm³/mol. The van der Waals surface area contributed by atoms with Gasteiger partial charge < -0.3 is 9.73 Å². The highest BCUT2D eigenvalue weighted by molar-refractivity contribution is 7.16. The molecule has 0 atom stereocenters. The highest BCUT2D eigenvalue weighted by Crippen LogP contribution is 2.23. The molecule has 0 saturated carbocycles. The first kappa shape index (κ1) is 14.6. The molecule has 0 unspecified atom stereocenters. The maximum Gasteiger partial charge on any atom is 0.120 e. The second-order valence-corrected chi connectivity index (χ2v) is 6.53. The molecule has 104 valence electrons. The van der Waals surface area contributed by atoms with Gasteiger partial charge in [-0.3, -0.25) is 4.90 Å². The lowest BCUT2D eigenvalue weighted by atomic mass is 10.2. The lowest BCUT2D eigenvalue weighted by Gasteiger charge is -2.13. The summed E-state index contributed by atoms with van der Waals surface area (Å²) in [6.07, 6.45) is 0. The molecule has 0 bridgehead atoms. The quantitative estimate of drug-likeness (QED) is 0.882. The van der Waals surface area contributed by atoms with Gasteiger partial charge in [-0.05, 0) is 44.8 Å². The van der Waals surface area contributed by atoms with Crippen LogP contribution in [-0.2, 0) is 19.6 Å². The van der Waals surface area contributed by atoms with Crippen LogP contribution in [0.3, 0.4) is 0 Å². The first-order valence-corrected chi connectivity index (χ1v) is 7.43. The number of furan rings is 1. The van der Waals surface area contributed by atoms with Gasteiger partial charge in [0.2, 0.25) is 0 Å². The summed E-state index contributed by atoms with van der Waals surface area (Å²) < 4.78 is 6.68. The van der Waals surface area contributed by atoms with Crippen LogP contribution in [0.15, 0.2) is 22.6 Å². The highest BCUT2D eigenvalue weighted by Gasteiger charge is 2.10. The minimum absolute atomic E-state index is 0.774. The van der Waals surface area contributed by atoms with Crippen LogP contribution >= 0.6 is 22.9 Å². The zero-order valence-corrected chi connectivity index (χ0v) is 13.1. The lowest BCUT2D eigenvalue weighted by molar-refractivity contribution is 0.285. The average Bonchev–Trinajstić information content (AvgIpc) is 2.87. The maximum absolute atomic E-state index is 5.94. The zero-order chi connectivity index (χ0) is 13.8. The van der Waals surface area contributed by atoms with Gasteiger partial charge in [0.25, 0.3) is 0 Å². The fraction of sp³-hybridized carbons (Fsp3) is 0.429. The van der Waals surface area contributed by atoms with Gasteiger partial charge >= 0.3 is 0 Å². The first-order valence-electron chi connectivity index (χ1n) is 6.24. The Morgan fingerprint density at radius 1 is 1.37 bits per heavy atom. The van der Waals surface area contributed by atoms with E-state index in [-0.39, 0.29) is 0 Å². The number of hydrogen-bond acceptors (Lipinski definition) is 4. The number of thiophene rings is 1. The van der Waals surface area contributed by atoms with Crippen LogP contribution in [0.2, 0.25) is 4.34 Å². The number of rotatable bonds is 6. The van der Waals surface area contributed by atoms with Gasteiger partial charge in [0.1, 0.15) is 11.5 Å². The first-order chi connectivity index (χ1) is 9.08. The molecule has 2 aromatic rings. The normalized spacial score (nSPS) is 11.4. The third-order valence-electron chi connectivity index (χ3n) is 2.89. The molecule has 19 heavy (non-hydrogen) atoms. The number of aryl methyl sites for hydroxylation is 1. The molecule has 1 N–H and O–H groups in total. The van der Waals surface area contributed by atoms with Crippen LogP contribution in [0.1, 0.15) is 22.0 Å². The molecule has 2 heterocycles. The van der Waals surface area contributed by atoms with E-state index in [4.69, 9.17) is 16.0 Å². The number of hydrogen-bond donors (Lipinski definition) is 1. The van der Waals surface area contributed by atoms with Crippen LogP contribution < -0.4 is 5.32 Å². The molecular formula is C14H19ClN2OS. The molecule has 0 fully saturated rings. The smallest absolute Gasteiger partial charge is 0.120 e. The Morgan fingerprint density at radius 3 is 2.79 bits per heavy atom. The van der Waals surface area contributed by atoms with Crippen molar-refractivity contribution in [2.45, 2.75) is 26.6 Å². The summed E-state index contributed by atoms with van der Waals surface area (Å²) in [6, 6.07) is 6.13. The molecule has 0 amide bonds. The Hall–Kier alpha value is -0.810. The molecule has 3 nitrogen and oxygen atoms in total. The summed E-state index contributed by atoms with van der Waals surface area (Å²) in [5.41, 5.74) is 1.21. The Balaban J connectivity index is 1.94. The average molecular weight is 299 g/mol. The van der Waals surface area contributed by atoms with Crippen molar-refractivity contribution in [2.24, 2.45) is 0 Å². The summed E-state index contributed by atoms with van der Waals surface area (Å²) in [4.78, 5) is 3.50. The molecule has 2 aromatic heterocycles. The van der Waals surface area contributed by atoms with Gasteiger partial charge in [0.05, 0.1) is 17.4 Å². The molecule has 0 spiro atoms. The van der Waals surface area contributed by atoms with Crippen molar-refractivity contribution in [1.29, 1.82) is 0 Å². The zero-order valence-electron chi connectivity index (χ0n) is 11.5. The van der Waals surface area contributed by atoms with Gasteiger partial charge in [-0.1, -0.05) is 11.6 Å². The largest absolute Gasteiger partial charge is 0.463 e. The summed E-state index contributed by atoms with van der Waals surface area (Å²) in [6.45, 7) is 4.55. The molecule has 0 aromatic carbocycles. The summed E-state index contributed by atoms with van der Waals surface area (Å²) in [5, 5.41) is 3.11. The Kier molecular flexibility index (Phi) is 5.05. The van der Waals surface area contributed by atoms with E-state index in [1.165, 1.54) is 10.4 Å². The van der Waals surface area contributed by atoms with Crippen molar-refractivity contribution in [3.63, 3.8) is 0 Å². The molecule has 0 saturated heterocycles. The summed E-state index contributed by atoms with van der Waals surface area (Å²) in [5.74, 6) is 2.03. The van der Waals surface area contributed by atoms with E-state index in [1.54, 1.807) is 11.3 Å². The van der Waals surface area contributed by atoms with Crippen molar-refractivity contribution < 1.29 is 4.42 Å². The summed E-state index contributed by atoms with van der Waals surface area (Å²) >= 11 is 7.56. The van der Waals surface area contributed by atoms with Crippen LogP contribution in [-0.4, -0.2) is 19.0 Å². The maximum atomic E-state index is 5.94. The monoisotopic (exact) mass is 298 g/mol. The molecule has 2 rings (SSSR count). The van der Waals surface area contributed by atoms with Crippen molar-refractivity contribution in [2.75, 3.05) is 14.1 Å². The fourth-order valence-corrected chi connectivity index (χ4v) is 3.20. The standard InChI is InChI=1S/C14H19ClN2OS/c1-10-6-11(18-13(10)7-16-2)8-17(3)9-12-4-5-14(15)19-12/h4-6,16H,7-9H2,1-3H3. The minimum Gasteiger partial charge on any atom is -0.463 e. The molecule has 0 radical (unpaired) electrons. The van der Waals surface area contributed by atoms with Crippen LogP contribution in [0, 0.1) is 6.92 Å². The van der Waals surface area contributed by atoms with Gasteiger partial charge in [-0.2, -0.15) is 0 Å². The fourth-order valence-electron chi connectivity index (χ4n) is 2.03. The van der Waals surface area contributed by atoms with Crippen molar-refractivity contribution >= 4 is 22.9 Å². The second-order valence-electron chi connectivity index (χ2n) is 4.73. The topological polar surface area (TPSA) is 28.4 Å². The number of nitrogens with one attached hydrogen (secondary N) is 1. The molecular weight excluding hydrogens is 280 g/mol. The molecule has 0 aliphatic heterocycles. The van der Waals surface area contributed by atoms with Crippen LogP contribution in [0.4, 0.5) is 0 Å². The van der Waals surface area contributed by atoms with Crippen molar-refractivity contribution in [1.82, 2.24) is 10.2 Å². The number of nitrogens with zero attached hydrogens (tertiary/aromatic N) is 1. The highest BCUT2D eigenvalue weighted by atomic mass is 35.5. The van der Waals surface area contributed by atoms with Gasteiger partial charge in [-0.25, -0.2) is 0 Å². The van der Waals surface area contributed by atoms with E-state index >= 15 is 0 Å². The SMILES string of the molecule is CNCc1oc(CN(C)Cc2ccc(Cl)s2)cc1C. The lowest BCUT2D eigenvalue weighted by Crippen LogP contribution is -2.16. The third-order valence-corrected chi connectivity index (χ3v) is 4.11. The van der Waals surface area contributed by atoms with E-state index in [1.807, 2.05) is 13.1 Å². The van der Waals surface area contributed by atoms with Crippen LogP contribution in [0.5, 0.6) is 0 Å². The van der Waals surface area contributed by atoms with Crippen molar-refractivity contribution in [3.8, 4) is 0 Å². The minimum atomic E-state index is 0.774. The van der Waals surface area contributed by atoms with E-state index in [9.17, 15) is 0 Å². The third kappa shape index (κ3) is 4.08. The van der Waals surface area contributed by atoms with E-state index in [2.05, 4.69) is 36.3 Å². The molecule has 5 heteroatoms. The van der Waals surface area contributed by atoms with E-state index in [0.29, 0.717) is 0 Å². The van der Waals surface area contributed by atoms with E-state index in [0.717, 1.165) is 35.5 Å². The second kappa shape index (κ2) is 6.57. The Morgan fingerprint density at radius 2 is 2.16 bits per heavy atom. The molecule has 0 aliphatic rings. The Bertz CT molecular complexity index is 535. The van der Waals surface area contributed by atoms with Gasteiger partial charge in [-0.15, -0.1) is 11.3 Å². The van der Waals surface area contributed by atoms with E-state index < -0.39 is 0 Å². The number of halogens is 1. The van der Waals surface area contributed by atoms with Gasteiger partial charge in [0.15, 0.2) is 0 Å². The van der Waals surface area contributed by atoms with Gasteiger partial charge in [0, 0.05) is 11.4 Å². The van der Waals surface area contributed by atoms with Crippen molar-refractivity contribution in [3.05, 3.63) is 44.5 Å². The molecule has 0 aliphatic carbocycles.